The summed E-state index contributed by atoms with van der Waals surface area (Å²) in [6.45, 7) is 2.04. The molecular formula is C14H21NO3. The smallest absolute Gasteiger partial charge is 0.169 e. The van der Waals surface area contributed by atoms with Crippen LogP contribution in [0.1, 0.15) is 42.1 Å². The van der Waals surface area contributed by atoms with Crippen molar-refractivity contribution in [2.75, 3.05) is 7.11 Å². The first-order chi connectivity index (χ1) is 8.60. The number of carbonyl (C=O) groups excluding carboxylic acids is 1. The molecule has 0 saturated carbocycles. The van der Waals surface area contributed by atoms with Crippen LogP contribution in [-0.2, 0) is 10.5 Å². The van der Waals surface area contributed by atoms with E-state index in [4.69, 9.17) is 10.5 Å². The monoisotopic (exact) mass is 251 g/mol. The maximum Gasteiger partial charge on any atom is 0.169 e. The van der Waals surface area contributed by atoms with E-state index >= 15 is 0 Å². The third kappa shape index (κ3) is 2.96. The van der Waals surface area contributed by atoms with Gasteiger partial charge in [-0.2, -0.15) is 0 Å². The van der Waals surface area contributed by atoms with Gasteiger partial charge >= 0.3 is 0 Å². The van der Waals surface area contributed by atoms with E-state index in [9.17, 15) is 9.90 Å². The SMILES string of the molecule is CCCC[C@@H](O)[C@](N)(OC)c1ccccc1C=O. The lowest BCUT2D eigenvalue weighted by Gasteiger charge is -2.34. The number of nitrogens with two attached hydrogens (primary N) is 1. The number of hydrogen-bond acceptors (Lipinski definition) is 4. The molecule has 1 aromatic rings. The molecule has 1 rings (SSSR count). The third-order valence-electron chi connectivity index (χ3n) is 3.17. The quantitative estimate of drug-likeness (QED) is 0.572. The average Bonchev–Trinajstić information content (AvgIpc) is 2.43. The summed E-state index contributed by atoms with van der Waals surface area (Å²) in [6, 6.07) is 6.90. The molecule has 0 unspecified atom stereocenters. The predicted octanol–water partition coefficient (Wildman–Crippen LogP) is 1.81. The molecule has 0 saturated heterocycles. The van der Waals surface area contributed by atoms with Gasteiger partial charge in [-0.3, -0.25) is 10.5 Å². The summed E-state index contributed by atoms with van der Waals surface area (Å²) in [5, 5.41) is 10.2. The van der Waals surface area contributed by atoms with Crippen LogP contribution in [0.4, 0.5) is 0 Å². The molecular weight excluding hydrogens is 230 g/mol. The van der Waals surface area contributed by atoms with Crippen LogP contribution >= 0.6 is 0 Å². The molecule has 2 atom stereocenters. The fourth-order valence-corrected chi connectivity index (χ4v) is 1.99. The molecule has 0 aliphatic heterocycles. The highest BCUT2D eigenvalue weighted by atomic mass is 16.5. The van der Waals surface area contributed by atoms with E-state index in [1.807, 2.05) is 6.92 Å². The zero-order valence-electron chi connectivity index (χ0n) is 10.9. The second kappa shape index (κ2) is 6.64. The molecule has 0 fully saturated rings. The summed E-state index contributed by atoms with van der Waals surface area (Å²) in [4.78, 5) is 11.0. The Morgan fingerprint density at radius 1 is 1.50 bits per heavy atom. The summed E-state index contributed by atoms with van der Waals surface area (Å²) in [5.41, 5.74) is 5.77. The topological polar surface area (TPSA) is 72.6 Å². The molecule has 0 spiro atoms. The molecule has 0 aromatic heterocycles. The molecule has 0 aliphatic rings. The zero-order valence-corrected chi connectivity index (χ0v) is 10.9. The molecule has 0 radical (unpaired) electrons. The lowest BCUT2D eigenvalue weighted by atomic mass is 9.91. The normalized spacial score (nSPS) is 16.0. The van der Waals surface area contributed by atoms with Crippen molar-refractivity contribution < 1.29 is 14.6 Å². The van der Waals surface area contributed by atoms with Gasteiger partial charge in [0.25, 0.3) is 0 Å². The number of unbranched alkanes of at least 4 members (excludes halogenated alkanes) is 1. The third-order valence-corrected chi connectivity index (χ3v) is 3.17. The van der Waals surface area contributed by atoms with E-state index in [-0.39, 0.29) is 0 Å². The Kier molecular flexibility index (Phi) is 5.47. The minimum Gasteiger partial charge on any atom is -0.388 e. The number of methoxy groups -OCH3 is 1. The lowest BCUT2D eigenvalue weighted by Crippen LogP contribution is -2.50. The first kappa shape index (κ1) is 14.8. The van der Waals surface area contributed by atoms with Crippen molar-refractivity contribution in [1.29, 1.82) is 0 Å². The van der Waals surface area contributed by atoms with Crippen LogP contribution in [0.2, 0.25) is 0 Å². The van der Waals surface area contributed by atoms with Crippen LogP contribution in [0.5, 0.6) is 0 Å². The van der Waals surface area contributed by atoms with Crippen molar-refractivity contribution in [3.63, 3.8) is 0 Å². The van der Waals surface area contributed by atoms with E-state index in [2.05, 4.69) is 0 Å². The van der Waals surface area contributed by atoms with Crippen molar-refractivity contribution in [2.45, 2.75) is 38.0 Å². The molecule has 0 aliphatic carbocycles. The Hall–Kier alpha value is -1.23. The van der Waals surface area contributed by atoms with E-state index < -0.39 is 11.8 Å². The van der Waals surface area contributed by atoms with Gasteiger partial charge in [-0.05, 0) is 6.42 Å². The number of aliphatic hydroxyl groups is 1. The van der Waals surface area contributed by atoms with Gasteiger partial charge in [-0.1, -0.05) is 44.0 Å². The highest BCUT2D eigenvalue weighted by Gasteiger charge is 2.37. The lowest BCUT2D eigenvalue weighted by molar-refractivity contribution is -0.108. The van der Waals surface area contributed by atoms with E-state index in [0.29, 0.717) is 17.5 Å². The molecule has 18 heavy (non-hydrogen) atoms. The Balaban J connectivity index is 3.09. The van der Waals surface area contributed by atoms with E-state index in [1.165, 1.54) is 7.11 Å². The number of benzene rings is 1. The van der Waals surface area contributed by atoms with Crippen molar-refractivity contribution in [1.82, 2.24) is 0 Å². The van der Waals surface area contributed by atoms with Gasteiger partial charge in [-0.15, -0.1) is 0 Å². The molecule has 4 heteroatoms. The van der Waals surface area contributed by atoms with E-state index in [0.717, 1.165) is 19.1 Å². The summed E-state index contributed by atoms with van der Waals surface area (Å²) < 4.78 is 5.29. The number of rotatable bonds is 7. The van der Waals surface area contributed by atoms with Gasteiger partial charge < -0.3 is 9.84 Å². The molecule has 3 N–H and O–H groups in total. The van der Waals surface area contributed by atoms with Crippen LogP contribution in [0.3, 0.4) is 0 Å². The fourth-order valence-electron chi connectivity index (χ4n) is 1.99. The van der Waals surface area contributed by atoms with E-state index in [1.54, 1.807) is 24.3 Å². The Bertz CT molecular complexity index is 394. The number of aliphatic hydroxyl groups excluding tert-OH is 1. The maximum atomic E-state index is 11.0. The molecule has 100 valence electrons. The van der Waals surface area contributed by atoms with Crippen molar-refractivity contribution >= 4 is 6.29 Å². The summed E-state index contributed by atoms with van der Waals surface area (Å²) in [5.74, 6) is 0. The van der Waals surface area contributed by atoms with Crippen LogP contribution in [0, 0.1) is 0 Å². The van der Waals surface area contributed by atoms with Crippen LogP contribution < -0.4 is 5.73 Å². The summed E-state index contributed by atoms with van der Waals surface area (Å²) in [7, 11) is 1.44. The second-order valence-electron chi connectivity index (χ2n) is 4.36. The molecule has 1 aromatic carbocycles. The van der Waals surface area contributed by atoms with Crippen molar-refractivity contribution in [2.24, 2.45) is 5.73 Å². The van der Waals surface area contributed by atoms with Crippen molar-refractivity contribution in [3.05, 3.63) is 35.4 Å². The fraction of sp³-hybridized carbons (Fsp3) is 0.500. The standard InChI is InChI=1S/C14H21NO3/c1-3-4-9-13(17)14(15,18-2)12-8-6-5-7-11(12)10-16/h5-8,10,13,17H,3-4,9,15H2,1-2H3/t13-,14-/m1/s1. The summed E-state index contributed by atoms with van der Waals surface area (Å²) >= 11 is 0. The van der Waals surface area contributed by atoms with Gasteiger partial charge in [0.05, 0.1) is 0 Å². The Labute approximate surface area is 108 Å². The Morgan fingerprint density at radius 2 is 2.17 bits per heavy atom. The van der Waals surface area contributed by atoms with Gasteiger partial charge in [0.15, 0.2) is 5.72 Å². The number of aldehydes is 1. The Morgan fingerprint density at radius 3 is 2.72 bits per heavy atom. The molecule has 0 heterocycles. The van der Waals surface area contributed by atoms with Crippen LogP contribution in [-0.4, -0.2) is 24.6 Å². The molecule has 0 bridgehead atoms. The number of carbonyl (C=O) groups is 1. The van der Waals surface area contributed by atoms with Gasteiger partial charge in [-0.25, -0.2) is 0 Å². The first-order valence-corrected chi connectivity index (χ1v) is 6.17. The number of ether oxygens (including phenoxy) is 1. The average molecular weight is 251 g/mol. The van der Waals surface area contributed by atoms with Crippen LogP contribution in [0.25, 0.3) is 0 Å². The number of hydrogen-bond donors (Lipinski definition) is 2. The molecule has 4 nitrogen and oxygen atoms in total. The first-order valence-electron chi connectivity index (χ1n) is 6.17. The van der Waals surface area contributed by atoms with Gasteiger partial charge in [0.2, 0.25) is 0 Å². The minimum atomic E-state index is -1.34. The van der Waals surface area contributed by atoms with Crippen molar-refractivity contribution in [3.8, 4) is 0 Å². The summed E-state index contributed by atoms with van der Waals surface area (Å²) in [6.07, 6.45) is 2.23. The minimum absolute atomic E-state index is 0.442. The van der Waals surface area contributed by atoms with Crippen LogP contribution in [0.15, 0.2) is 24.3 Å². The van der Waals surface area contributed by atoms with Gasteiger partial charge in [0, 0.05) is 18.2 Å². The van der Waals surface area contributed by atoms with Gasteiger partial charge in [0.1, 0.15) is 12.4 Å². The zero-order chi connectivity index (χ0) is 13.6. The largest absolute Gasteiger partial charge is 0.388 e. The highest BCUT2D eigenvalue weighted by Crippen LogP contribution is 2.28. The second-order valence-corrected chi connectivity index (χ2v) is 4.36. The molecule has 0 amide bonds. The maximum absolute atomic E-state index is 11.0. The highest BCUT2D eigenvalue weighted by molar-refractivity contribution is 5.77. The predicted molar refractivity (Wildman–Crippen MR) is 70.2 cm³/mol.